The summed E-state index contributed by atoms with van der Waals surface area (Å²) in [6.45, 7) is 3.34. The summed E-state index contributed by atoms with van der Waals surface area (Å²) < 4.78 is 4.48. The molecule has 0 atom stereocenters. The maximum absolute atomic E-state index is 11.2. The Labute approximate surface area is 81.4 Å². The van der Waals surface area contributed by atoms with Crippen molar-refractivity contribution in [1.29, 1.82) is 0 Å². The fourth-order valence-electron chi connectivity index (χ4n) is 0.608. The molecule has 0 bridgehead atoms. The number of nitrogens with zero attached hydrogens (tertiary/aromatic N) is 2. The minimum atomic E-state index is -1.81. The molecule has 0 N–H and O–H groups in total. The molecule has 0 heterocycles. The Kier molecular flexibility index (Phi) is 4.45. The third kappa shape index (κ3) is 3.27. The lowest BCUT2D eigenvalue weighted by atomic mass is 10.2. The highest BCUT2D eigenvalue weighted by Gasteiger charge is 2.40. The average molecular weight is 205 g/mol. The van der Waals surface area contributed by atoms with E-state index < -0.39 is 23.1 Å². The molecule has 7 heteroatoms. The van der Waals surface area contributed by atoms with Gasteiger partial charge in [0, 0.05) is 18.8 Å². The molecule has 14 heavy (non-hydrogen) atoms. The van der Waals surface area contributed by atoms with Gasteiger partial charge >= 0.3 is 5.97 Å². The van der Waals surface area contributed by atoms with Crippen LogP contribution in [0.2, 0.25) is 0 Å². The van der Waals surface area contributed by atoms with Crippen LogP contribution in [0.3, 0.4) is 0 Å². The Morgan fingerprint density at radius 2 is 2.07 bits per heavy atom. The molecular weight excluding hydrogens is 192 g/mol. The summed E-state index contributed by atoms with van der Waals surface area (Å²) >= 11 is 0. The maximum Gasteiger partial charge on any atom is 0.323 e. The standard InChI is InChI=1S/C7H13N2O5/c1-4-14-6(10)5-8(11)7(2,3)9(12)13/h4-5H2,1-3H3. The number of rotatable bonds is 5. The molecule has 0 unspecified atom stereocenters. The van der Waals surface area contributed by atoms with Gasteiger partial charge in [0.1, 0.15) is 6.54 Å². The van der Waals surface area contributed by atoms with Crippen molar-refractivity contribution in [3.05, 3.63) is 10.1 Å². The van der Waals surface area contributed by atoms with Crippen LogP contribution in [0.4, 0.5) is 0 Å². The summed E-state index contributed by atoms with van der Waals surface area (Å²) in [5, 5.41) is 21.7. The zero-order valence-electron chi connectivity index (χ0n) is 8.35. The molecule has 1 radical (unpaired) electrons. The van der Waals surface area contributed by atoms with E-state index in [9.17, 15) is 20.1 Å². The Morgan fingerprint density at radius 3 is 2.43 bits per heavy atom. The molecule has 0 aliphatic carbocycles. The first-order valence-electron chi connectivity index (χ1n) is 4.07. The summed E-state index contributed by atoms with van der Waals surface area (Å²) in [6, 6.07) is 0. The number of carbonyl (C=O) groups excluding carboxylic acids is 1. The van der Waals surface area contributed by atoms with Gasteiger partial charge in [-0.25, -0.2) is 0 Å². The minimum Gasteiger partial charge on any atom is -0.465 e. The van der Waals surface area contributed by atoms with Crippen LogP contribution in [-0.2, 0) is 14.7 Å². The fraction of sp³-hybridized carbons (Fsp3) is 0.857. The molecule has 0 amide bonds. The smallest absolute Gasteiger partial charge is 0.323 e. The number of hydrogen-bond acceptors (Lipinski definition) is 5. The first kappa shape index (κ1) is 12.8. The van der Waals surface area contributed by atoms with Crippen LogP contribution in [0.1, 0.15) is 20.8 Å². The van der Waals surface area contributed by atoms with Gasteiger partial charge in [-0.2, -0.15) is 0 Å². The van der Waals surface area contributed by atoms with Gasteiger partial charge in [0.2, 0.25) is 0 Å². The van der Waals surface area contributed by atoms with Crippen molar-refractivity contribution in [2.45, 2.75) is 26.4 Å². The van der Waals surface area contributed by atoms with E-state index in [1.807, 2.05) is 0 Å². The van der Waals surface area contributed by atoms with Crippen LogP contribution >= 0.6 is 0 Å². The molecule has 7 nitrogen and oxygen atoms in total. The molecule has 0 rings (SSSR count). The average Bonchev–Trinajstić information content (AvgIpc) is 2.03. The summed E-state index contributed by atoms with van der Waals surface area (Å²) in [4.78, 5) is 20.5. The summed E-state index contributed by atoms with van der Waals surface area (Å²) in [6.07, 6.45) is 0. The molecule has 0 fully saturated rings. The van der Waals surface area contributed by atoms with Gasteiger partial charge in [0.25, 0.3) is 5.66 Å². The van der Waals surface area contributed by atoms with Gasteiger partial charge in [0.15, 0.2) is 0 Å². The van der Waals surface area contributed by atoms with Crippen molar-refractivity contribution in [1.82, 2.24) is 5.06 Å². The highest BCUT2D eigenvalue weighted by Crippen LogP contribution is 2.12. The van der Waals surface area contributed by atoms with E-state index >= 15 is 0 Å². The van der Waals surface area contributed by atoms with Crippen LogP contribution in [0.5, 0.6) is 0 Å². The number of carbonyl (C=O) groups is 1. The van der Waals surface area contributed by atoms with Crippen molar-refractivity contribution < 1.29 is 19.7 Å². The van der Waals surface area contributed by atoms with E-state index in [0.717, 1.165) is 13.8 Å². The fourth-order valence-corrected chi connectivity index (χ4v) is 0.608. The van der Waals surface area contributed by atoms with Crippen LogP contribution in [0.25, 0.3) is 0 Å². The quantitative estimate of drug-likeness (QED) is 0.277. The zero-order valence-corrected chi connectivity index (χ0v) is 8.35. The van der Waals surface area contributed by atoms with Gasteiger partial charge in [-0.05, 0) is 6.92 Å². The van der Waals surface area contributed by atoms with E-state index in [1.165, 1.54) is 0 Å². The second kappa shape index (κ2) is 4.87. The lowest BCUT2D eigenvalue weighted by Gasteiger charge is -2.21. The molecule has 0 aliphatic rings. The first-order valence-corrected chi connectivity index (χ1v) is 4.07. The van der Waals surface area contributed by atoms with Gasteiger partial charge in [-0.3, -0.25) is 14.9 Å². The molecule has 0 saturated heterocycles. The number of nitro groups is 1. The first-order chi connectivity index (χ1) is 6.32. The van der Waals surface area contributed by atoms with Crippen molar-refractivity contribution in [3.63, 3.8) is 0 Å². The monoisotopic (exact) mass is 205 g/mol. The van der Waals surface area contributed by atoms with E-state index in [1.54, 1.807) is 6.92 Å². The largest absolute Gasteiger partial charge is 0.465 e. The molecule has 81 valence electrons. The molecular formula is C7H13N2O5. The third-order valence-electron chi connectivity index (χ3n) is 1.64. The number of esters is 1. The molecule has 0 aromatic rings. The normalized spacial score (nSPS) is 11.5. The van der Waals surface area contributed by atoms with E-state index in [4.69, 9.17) is 0 Å². The molecule has 0 saturated carbocycles. The predicted molar refractivity (Wildman–Crippen MR) is 45.1 cm³/mol. The van der Waals surface area contributed by atoms with Gasteiger partial charge in [0.05, 0.1) is 6.61 Å². The Hall–Kier alpha value is -1.21. The van der Waals surface area contributed by atoms with Crippen molar-refractivity contribution in [2.24, 2.45) is 0 Å². The number of hydroxylamine groups is 2. The van der Waals surface area contributed by atoms with Crippen molar-refractivity contribution in [2.75, 3.05) is 13.2 Å². The van der Waals surface area contributed by atoms with Crippen LogP contribution in [0.15, 0.2) is 0 Å². The van der Waals surface area contributed by atoms with Crippen molar-refractivity contribution in [3.8, 4) is 0 Å². The lowest BCUT2D eigenvalue weighted by molar-refractivity contribution is -0.619. The number of hydrogen-bond donors (Lipinski definition) is 0. The molecule has 0 aromatic heterocycles. The minimum absolute atomic E-state index is 0.0883. The number of ether oxygens (including phenoxy) is 1. The molecule has 0 aromatic carbocycles. The maximum atomic E-state index is 11.2. The van der Waals surface area contributed by atoms with Gasteiger partial charge in [-0.1, -0.05) is 5.06 Å². The van der Waals surface area contributed by atoms with Gasteiger partial charge < -0.3 is 4.74 Å². The summed E-state index contributed by atoms with van der Waals surface area (Å²) in [5.74, 6) is -0.766. The van der Waals surface area contributed by atoms with Crippen LogP contribution in [0, 0.1) is 10.1 Å². The van der Waals surface area contributed by atoms with Crippen LogP contribution in [-0.4, -0.2) is 34.8 Å². The highest BCUT2D eigenvalue weighted by atomic mass is 16.7. The summed E-state index contributed by atoms with van der Waals surface area (Å²) in [5.41, 5.74) is -1.81. The van der Waals surface area contributed by atoms with Crippen LogP contribution < -0.4 is 0 Å². The predicted octanol–water partition coefficient (Wildman–Crippen LogP) is 0.210. The lowest BCUT2D eigenvalue weighted by Crippen LogP contribution is -2.49. The van der Waals surface area contributed by atoms with Crippen molar-refractivity contribution >= 4 is 5.97 Å². The third-order valence-corrected chi connectivity index (χ3v) is 1.64. The Balaban J connectivity index is 4.26. The topological polar surface area (TPSA) is 92.6 Å². The van der Waals surface area contributed by atoms with Gasteiger partial charge in [-0.15, -0.1) is 5.21 Å². The highest BCUT2D eigenvalue weighted by molar-refractivity contribution is 5.71. The second-order valence-electron chi connectivity index (χ2n) is 3.09. The van der Waals surface area contributed by atoms with E-state index in [-0.39, 0.29) is 11.7 Å². The Morgan fingerprint density at radius 1 is 1.57 bits per heavy atom. The molecule has 0 spiro atoms. The summed E-state index contributed by atoms with van der Waals surface area (Å²) in [7, 11) is 0. The molecule has 0 aliphatic heterocycles. The Bertz CT molecular complexity index is 228. The second-order valence-corrected chi connectivity index (χ2v) is 3.09. The SMILES string of the molecule is CCOC(=O)CN([O])C(C)(C)[N+](=O)[O-]. The van der Waals surface area contributed by atoms with E-state index in [0.29, 0.717) is 0 Å². The van der Waals surface area contributed by atoms with E-state index in [2.05, 4.69) is 4.74 Å². The zero-order chi connectivity index (χ0) is 11.4.